The highest BCUT2D eigenvalue weighted by Gasteiger charge is 2.21. The molecule has 2 aliphatic rings. The summed E-state index contributed by atoms with van der Waals surface area (Å²) in [6.45, 7) is 6.51. The van der Waals surface area contributed by atoms with Gasteiger partial charge < -0.3 is 19.1 Å². The Balaban J connectivity index is 1.41. The van der Waals surface area contributed by atoms with Gasteiger partial charge in [0.25, 0.3) is 5.56 Å². The van der Waals surface area contributed by atoms with Crippen molar-refractivity contribution < 1.29 is 14.2 Å². The van der Waals surface area contributed by atoms with Crippen LogP contribution >= 0.6 is 0 Å². The molecule has 30 heavy (non-hydrogen) atoms. The molecule has 1 N–H and O–H groups in total. The summed E-state index contributed by atoms with van der Waals surface area (Å²) in [7, 11) is 1.67. The second-order valence-electron chi connectivity index (χ2n) is 7.68. The lowest BCUT2D eigenvalue weighted by molar-refractivity contribution is 0.122. The number of ether oxygens (including phenoxy) is 3. The van der Waals surface area contributed by atoms with Crippen molar-refractivity contribution >= 4 is 5.95 Å². The van der Waals surface area contributed by atoms with Gasteiger partial charge in [-0.2, -0.15) is 0 Å². The summed E-state index contributed by atoms with van der Waals surface area (Å²) in [5, 5.41) is 0. The summed E-state index contributed by atoms with van der Waals surface area (Å²) in [5.41, 5.74) is 2.95. The molecule has 0 amide bonds. The van der Waals surface area contributed by atoms with Gasteiger partial charge in [-0.25, -0.2) is 4.98 Å². The number of rotatable bonds is 7. The Hall–Kier alpha value is -2.42. The molecule has 1 aromatic carbocycles. The van der Waals surface area contributed by atoms with Gasteiger partial charge in [-0.05, 0) is 24.1 Å². The maximum absolute atomic E-state index is 12.7. The van der Waals surface area contributed by atoms with Gasteiger partial charge in [-0.3, -0.25) is 14.7 Å². The number of morpholine rings is 1. The van der Waals surface area contributed by atoms with Crippen LogP contribution in [0.4, 0.5) is 5.95 Å². The number of aromatic amines is 1. The summed E-state index contributed by atoms with van der Waals surface area (Å²) in [4.78, 5) is 25.0. The highest BCUT2D eigenvalue weighted by Crippen LogP contribution is 2.19. The number of methoxy groups -OCH3 is 1. The molecule has 162 valence electrons. The number of benzene rings is 1. The van der Waals surface area contributed by atoms with Gasteiger partial charge in [0, 0.05) is 51.8 Å². The Kier molecular flexibility index (Phi) is 6.99. The SMILES string of the molecule is COCCOc1cccc(CN2CCc3nc(N4CCOCC4)[nH]c(=O)c3CC2)c1. The predicted octanol–water partition coefficient (Wildman–Crippen LogP) is 1.23. The van der Waals surface area contributed by atoms with Crippen molar-refractivity contribution in [2.24, 2.45) is 0 Å². The molecule has 8 nitrogen and oxygen atoms in total. The minimum Gasteiger partial charge on any atom is -0.491 e. The third-order valence-corrected chi connectivity index (χ3v) is 5.60. The van der Waals surface area contributed by atoms with E-state index in [1.165, 1.54) is 5.56 Å². The number of hydrogen-bond acceptors (Lipinski definition) is 7. The summed E-state index contributed by atoms with van der Waals surface area (Å²) in [5.74, 6) is 1.53. The number of H-pyrrole nitrogens is 1. The van der Waals surface area contributed by atoms with Crippen molar-refractivity contribution in [1.82, 2.24) is 14.9 Å². The Labute approximate surface area is 176 Å². The fraction of sp³-hybridized carbons (Fsp3) is 0.545. The minimum absolute atomic E-state index is 0.00289. The van der Waals surface area contributed by atoms with E-state index in [0.717, 1.165) is 56.2 Å². The molecule has 0 unspecified atom stereocenters. The summed E-state index contributed by atoms with van der Waals surface area (Å²) < 4.78 is 16.2. The standard InChI is InChI=1S/C22H30N4O4/c1-28-13-14-30-18-4-2-3-17(15-18)16-25-7-5-19-20(6-8-25)23-22(24-21(19)27)26-9-11-29-12-10-26/h2-4,15H,5-14,16H2,1H3,(H,23,24,27). The fourth-order valence-corrected chi connectivity index (χ4v) is 3.96. The van der Waals surface area contributed by atoms with Crippen molar-refractivity contribution in [3.63, 3.8) is 0 Å². The molecule has 2 aromatic rings. The van der Waals surface area contributed by atoms with E-state index in [4.69, 9.17) is 19.2 Å². The first kappa shape index (κ1) is 20.8. The maximum Gasteiger partial charge on any atom is 0.255 e. The van der Waals surface area contributed by atoms with Crippen LogP contribution in [0.15, 0.2) is 29.1 Å². The molecule has 0 atom stereocenters. The molecule has 1 fully saturated rings. The van der Waals surface area contributed by atoms with Crippen LogP contribution in [0, 0.1) is 0 Å². The van der Waals surface area contributed by atoms with E-state index in [0.29, 0.717) is 38.8 Å². The van der Waals surface area contributed by atoms with E-state index in [1.54, 1.807) is 7.11 Å². The number of nitrogens with zero attached hydrogens (tertiary/aromatic N) is 3. The number of fused-ring (bicyclic) bond motifs is 1. The van der Waals surface area contributed by atoms with Crippen LogP contribution in [0.25, 0.3) is 0 Å². The van der Waals surface area contributed by atoms with E-state index in [1.807, 2.05) is 12.1 Å². The summed E-state index contributed by atoms with van der Waals surface area (Å²) in [6.07, 6.45) is 1.49. The Bertz CT molecular complexity index is 895. The topological polar surface area (TPSA) is 79.9 Å². The molecule has 2 aliphatic heterocycles. The first-order valence-corrected chi connectivity index (χ1v) is 10.6. The molecule has 4 rings (SSSR count). The van der Waals surface area contributed by atoms with Crippen LogP contribution in [0.2, 0.25) is 0 Å². The summed E-state index contributed by atoms with van der Waals surface area (Å²) in [6, 6.07) is 8.18. The predicted molar refractivity (Wildman–Crippen MR) is 114 cm³/mol. The van der Waals surface area contributed by atoms with Gasteiger partial charge in [0.05, 0.1) is 25.5 Å². The average molecular weight is 415 g/mol. The zero-order valence-electron chi connectivity index (χ0n) is 17.6. The van der Waals surface area contributed by atoms with Crippen molar-refractivity contribution in [3.8, 4) is 5.75 Å². The monoisotopic (exact) mass is 414 g/mol. The van der Waals surface area contributed by atoms with Crippen LogP contribution in [0.1, 0.15) is 16.8 Å². The van der Waals surface area contributed by atoms with Crippen LogP contribution in [-0.4, -0.2) is 74.6 Å². The van der Waals surface area contributed by atoms with Crippen molar-refractivity contribution in [3.05, 3.63) is 51.4 Å². The average Bonchev–Trinajstić information content (AvgIpc) is 2.98. The Morgan fingerprint density at radius 3 is 2.80 bits per heavy atom. The van der Waals surface area contributed by atoms with Crippen LogP contribution in [0.3, 0.4) is 0 Å². The summed E-state index contributed by atoms with van der Waals surface area (Å²) >= 11 is 0. The lowest BCUT2D eigenvalue weighted by atomic mass is 10.1. The van der Waals surface area contributed by atoms with Gasteiger partial charge >= 0.3 is 0 Å². The van der Waals surface area contributed by atoms with Gasteiger partial charge in [0.1, 0.15) is 12.4 Å². The molecule has 1 saturated heterocycles. The Morgan fingerprint density at radius 2 is 1.97 bits per heavy atom. The molecular formula is C22H30N4O4. The van der Waals surface area contributed by atoms with E-state index in [2.05, 4.69) is 26.9 Å². The number of aromatic nitrogens is 2. The van der Waals surface area contributed by atoms with E-state index < -0.39 is 0 Å². The first-order valence-electron chi connectivity index (χ1n) is 10.6. The molecule has 0 spiro atoms. The highest BCUT2D eigenvalue weighted by molar-refractivity contribution is 5.35. The number of nitrogens with one attached hydrogen (secondary N) is 1. The van der Waals surface area contributed by atoms with E-state index in [9.17, 15) is 4.79 Å². The molecule has 8 heteroatoms. The van der Waals surface area contributed by atoms with E-state index in [-0.39, 0.29) is 5.56 Å². The van der Waals surface area contributed by atoms with Gasteiger partial charge in [0.2, 0.25) is 5.95 Å². The lowest BCUT2D eigenvalue weighted by Crippen LogP contribution is -2.38. The molecule has 0 saturated carbocycles. The van der Waals surface area contributed by atoms with Crippen LogP contribution in [-0.2, 0) is 28.9 Å². The lowest BCUT2D eigenvalue weighted by Gasteiger charge is -2.27. The highest BCUT2D eigenvalue weighted by atomic mass is 16.5. The number of anilines is 1. The molecule has 0 aliphatic carbocycles. The molecule has 1 aromatic heterocycles. The van der Waals surface area contributed by atoms with Crippen molar-refractivity contribution in [1.29, 1.82) is 0 Å². The van der Waals surface area contributed by atoms with Crippen LogP contribution < -0.4 is 15.2 Å². The molecule has 0 radical (unpaired) electrons. The van der Waals surface area contributed by atoms with Crippen LogP contribution in [0.5, 0.6) is 5.75 Å². The van der Waals surface area contributed by atoms with Crippen molar-refractivity contribution in [2.75, 3.05) is 64.6 Å². The smallest absolute Gasteiger partial charge is 0.255 e. The second kappa shape index (κ2) is 10.1. The third-order valence-electron chi connectivity index (χ3n) is 5.60. The van der Waals surface area contributed by atoms with Gasteiger partial charge in [-0.1, -0.05) is 12.1 Å². The van der Waals surface area contributed by atoms with Gasteiger partial charge in [-0.15, -0.1) is 0 Å². The third kappa shape index (κ3) is 5.19. The van der Waals surface area contributed by atoms with E-state index >= 15 is 0 Å². The quantitative estimate of drug-likeness (QED) is 0.683. The number of hydrogen-bond donors (Lipinski definition) is 1. The minimum atomic E-state index is -0.00289. The molecular weight excluding hydrogens is 384 g/mol. The Morgan fingerprint density at radius 1 is 1.13 bits per heavy atom. The fourth-order valence-electron chi connectivity index (χ4n) is 3.96. The zero-order chi connectivity index (χ0) is 20.8. The van der Waals surface area contributed by atoms with Crippen molar-refractivity contribution in [2.45, 2.75) is 19.4 Å². The van der Waals surface area contributed by atoms with Gasteiger partial charge in [0.15, 0.2) is 0 Å². The molecule has 0 bridgehead atoms. The second-order valence-corrected chi connectivity index (χ2v) is 7.68. The zero-order valence-corrected chi connectivity index (χ0v) is 17.6. The maximum atomic E-state index is 12.7. The largest absolute Gasteiger partial charge is 0.491 e. The normalized spacial score (nSPS) is 17.4. The first-order chi connectivity index (χ1) is 14.7. The molecule has 3 heterocycles.